The first kappa shape index (κ1) is 27.0. The van der Waals surface area contributed by atoms with Gasteiger partial charge in [0, 0.05) is 54.9 Å². The van der Waals surface area contributed by atoms with E-state index in [1.165, 1.54) is 20.2 Å². The molecule has 2 heterocycles. The zero-order valence-corrected chi connectivity index (χ0v) is 22.3. The maximum atomic E-state index is 13.9. The Kier molecular flexibility index (Phi) is 7.55. The van der Waals surface area contributed by atoms with Crippen LogP contribution in [0.5, 0.6) is 0 Å². The standard InChI is InChI=1S/C29H28ClF3N4O2/c1-36-28(30)23(27(35-36)29(31,32)33)17-37(14-13-20-16-34-24-6-4-3-5-21(20)24)25-11-9-19-15-18(7-10-22(19)25)8-12-26(38)39-2/h3-8,10,12,15-16,25,34H,9,11,13-14,17H2,1-2H3/b12-8+. The van der Waals surface area contributed by atoms with Gasteiger partial charge in [0.25, 0.3) is 0 Å². The van der Waals surface area contributed by atoms with Crippen LogP contribution in [0.25, 0.3) is 17.0 Å². The number of hydrogen-bond acceptors (Lipinski definition) is 4. The van der Waals surface area contributed by atoms with Gasteiger partial charge >= 0.3 is 12.1 Å². The monoisotopic (exact) mass is 556 g/mol. The minimum atomic E-state index is -4.61. The number of nitrogens with one attached hydrogen (secondary N) is 1. The zero-order valence-electron chi connectivity index (χ0n) is 21.6. The number of aromatic nitrogens is 3. The Morgan fingerprint density at radius 2 is 2.08 bits per heavy atom. The van der Waals surface area contributed by atoms with Crippen LogP contribution in [0.1, 0.15) is 46.0 Å². The largest absolute Gasteiger partial charge is 0.466 e. The number of rotatable bonds is 8. The van der Waals surface area contributed by atoms with E-state index in [1.807, 2.05) is 48.7 Å². The molecule has 10 heteroatoms. The van der Waals surface area contributed by atoms with Gasteiger partial charge in [-0.05, 0) is 53.7 Å². The van der Waals surface area contributed by atoms with Gasteiger partial charge in [0.1, 0.15) is 5.15 Å². The zero-order chi connectivity index (χ0) is 27.7. The normalized spacial score (nSPS) is 15.5. The van der Waals surface area contributed by atoms with Crippen LogP contribution in [0.4, 0.5) is 13.2 Å². The summed E-state index contributed by atoms with van der Waals surface area (Å²) in [5.74, 6) is -0.439. The lowest BCUT2D eigenvalue weighted by Crippen LogP contribution is -2.30. The molecule has 2 aromatic carbocycles. The third-order valence-electron chi connectivity index (χ3n) is 7.31. The number of fused-ring (bicyclic) bond motifs is 2. The summed E-state index contributed by atoms with van der Waals surface area (Å²) in [6.07, 6.45) is 2.59. The summed E-state index contributed by atoms with van der Waals surface area (Å²) in [6.45, 7) is 0.538. The van der Waals surface area contributed by atoms with E-state index in [4.69, 9.17) is 11.6 Å². The number of aryl methyl sites for hydroxylation is 2. The molecule has 1 aliphatic carbocycles. The van der Waals surface area contributed by atoms with Crippen molar-refractivity contribution in [3.05, 3.63) is 93.4 Å². The lowest BCUT2D eigenvalue weighted by molar-refractivity contribution is -0.142. The Morgan fingerprint density at radius 3 is 2.85 bits per heavy atom. The van der Waals surface area contributed by atoms with Crippen molar-refractivity contribution < 1.29 is 22.7 Å². The van der Waals surface area contributed by atoms with Crippen molar-refractivity contribution in [1.82, 2.24) is 19.7 Å². The lowest BCUT2D eigenvalue weighted by Gasteiger charge is -2.30. The summed E-state index contributed by atoms with van der Waals surface area (Å²) in [4.78, 5) is 16.9. The molecule has 1 atom stereocenters. The highest BCUT2D eigenvalue weighted by atomic mass is 35.5. The molecule has 0 spiro atoms. The number of alkyl halides is 3. The average molecular weight is 557 g/mol. The first-order valence-corrected chi connectivity index (χ1v) is 13.0. The Balaban J connectivity index is 1.47. The molecular formula is C29H28ClF3N4O2. The topological polar surface area (TPSA) is 63.1 Å². The van der Waals surface area contributed by atoms with Crippen molar-refractivity contribution in [2.45, 2.75) is 38.0 Å². The first-order valence-electron chi connectivity index (χ1n) is 12.6. The van der Waals surface area contributed by atoms with Crippen LogP contribution in [0.2, 0.25) is 5.15 Å². The van der Waals surface area contributed by atoms with Crippen molar-refractivity contribution in [1.29, 1.82) is 0 Å². The lowest BCUT2D eigenvalue weighted by atomic mass is 10.0. The van der Waals surface area contributed by atoms with E-state index in [0.29, 0.717) is 13.0 Å². The maximum absolute atomic E-state index is 13.9. The fraction of sp³-hybridized carbons (Fsp3) is 0.310. The highest BCUT2D eigenvalue weighted by Gasteiger charge is 2.40. The summed E-state index contributed by atoms with van der Waals surface area (Å²) in [5.41, 5.74) is 4.19. The van der Waals surface area contributed by atoms with Crippen LogP contribution < -0.4 is 0 Å². The SMILES string of the molecule is COC(=O)/C=C/c1ccc2c(c1)CCC2N(CCc1c[nH]c2ccccc12)Cc1c(C(F)(F)F)nn(C)c1Cl. The van der Waals surface area contributed by atoms with Gasteiger partial charge in [0.2, 0.25) is 0 Å². The molecule has 0 radical (unpaired) electrons. The third kappa shape index (κ3) is 5.60. The predicted octanol–water partition coefficient (Wildman–Crippen LogP) is 6.49. The van der Waals surface area contributed by atoms with E-state index in [9.17, 15) is 18.0 Å². The smallest absolute Gasteiger partial charge is 0.435 e. The second kappa shape index (κ2) is 10.9. The molecule has 5 rings (SSSR count). The number of para-hydroxylation sites is 1. The van der Waals surface area contributed by atoms with Gasteiger partial charge in [0.15, 0.2) is 5.69 Å². The number of carbonyl (C=O) groups is 1. The second-order valence-corrected chi connectivity index (χ2v) is 10.0. The minimum absolute atomic E-state index is 0.0119. The van der Waals surface area contributed by atoms with Crippen LogP contribution >= 0.6 is 11.6 Å². The quantitative estimate of drug-likeness (QED) is 0.199. The Hall–Kier alpha value is -3.56. The van der Waals surface area contributed by atoms with Crippen LogP contribution in [0.15, 0.2) is 54.7 Å². The Labute approximate surface area is 229 Å². The average Bonchev–Trinajstić information content (AvgIpc) is 3.61. The molecule has 0 saturated carbocycles. The number of benzene rings is 2. The summed E-state index contributed by atoms with van der Waals surface area (Å²) < 4.78 is 47.4. The summed E-state index contributed by atoms with van der Waals surface area (Å²) in [7, 11) is 2.75. The molecule has 0 fully saturated rings. The van der Waals surface area contributed by atoms with E-state index in [-0.39, 0.29) is 23.3 Å². The van der Waals surface area contributed by atoms with Gasteiger partial charge in [-0.3, -0.25) is 9.58 Å². The number of aromatic amines is 1. The third-order valence-corrected chi connectivity index (χ3v) is 7.78. The second-order valence-electron chi connectivity index (χ2n) is 9.69. The molecular weight excluding hydrogens is 529 g/mol. The van der Waals surface area contributed by atoms with Gasteiger partial charge < -0.3 is 9.72 Å². The number of halogens is 4. The fourth-order valence-corrected chi connectivity index (χ4v) is 5.58. The molecule has 6 nitrogen and oxygen atoms in total. The molecule has 0 amide bonds. The van der Waals surface area contributed by atoms with Crippen LogP contribution in [0.3, 0.4) is 0 Å². The maximum Gasteiger partial charge on any atom is 0.435 e. The van der Waals surface area contributed by atoms with Crippen LogP contribution in [-0.4, -0.2) is 39.3 Å². The summed E-state index contributed by atoms with van der Waals surface area (Å²) in [6, 6.07) is 13.8. The molecule has 1 N–H and O–H groups in total. The van der Waals surface area contributed by atoms with Crippen molar-refractivity contribution in [2.75, 3.05) is 13.7 Å². The van der Waals surface area contributed by atoms with Gasteiger partial charge in [-0.1, -0.05) is 48.0 Å². The van der Waals surface area contributed by atoms with Gasteiger partial charge in [-0.2, -0.15) is 18.3 Å². The van der Waals surface area contributed by atoms with Crippen molar-refractivity contribution in [3.8, 4) is 0 Å². The van der Waals surface area contributed by atoms with E-state index < -0.39 is 17.8 Å². The molecule has 0 saturated heterocycles. The van der Waals surface area contributed by atoms with Crippen molar-refractivity contribution in [3.63, 3.8) is 0 Å². The number of methoxy groups -OCH3 is 1. The molecule has 0 aliphatic heterocycles. The Bertz CT molecular complexity index is 1540. The molecule has 1 unspecified atom stereocenters. The number of ether oxygens (including phenoxy) is 1. The van der Waals surface area contributed by atoms with E-state index in [2.05, 4.69) is 19.7 Å². The van der Waals surface area contributed by atoms with Crippen LogP contribution in [0, 0.1) is 0 Å². The van der Waals surface area contributed by atoms with Crippen LogP contribution in [-0.2, 0) is 42.1 Å². The number of esters is 1. The molecule has 2 aromatic heterocycles. The highest BCUT2D eigenvalue weighted by molar-refractivity contribution is 6.30. The molecule has 1 aliphatic rings. The summed E-state index contributed by atoms with van der Waals surface area (Å²) in [5, 5.41) is 4.78. The molecule has 204 valence electrons. The highest BCUT2D eigenvalue weighted by Crippen LogP contribution is 2.40. The van der Waals surface area contributed by atoms with Crippen molar-refractivity contribution >= 4 is 34.5 Å². The molecule has 4 aromatic rings. The number of carbonyl (C=O) groups excluding carboxylic acids is 1. The van der Waals surface area contributed by atoms with Crippen molar-refractivity contribution in [2.24, 2.45) is 7.05 Å². The number of nitrogens with zero attached hydrogens (tertiary/aromatic N) is 3. The van der Waals surface area contributed by atoms with E-state index in [1.54, 1.807) is 6.08 Å². The molecule has 39 heavy (non-hydrogen) atoms. The van der Waals surface area contributed by atoms with Gasteiger partial charge in [0.05, 0.1) is 7.11 Å². The van der Waals surface area contributed by atoms with E-state index in [0.717, 1.165) is 50.7 Å². The predicted molar refractivity (Wildman–Crippen MR) is 144 cm³/mol. The first-order chi connectivity index (χ1) is 18.7. The Morgan fingerprint density at radius 1 is 1.28 bits per heavy atom. The number of hydrogen-bond donors (Lipinski definition) is 1. The number of H-pyrrole nitrogens is 1. The van der Waals surface area contributed by atoms with E-state index >= 15 is 0 Å². The fourth-order valence-electron chi connectivity index (χ4n) is 5.40. The minimum Gasteiger partial charge on any atom is -0.466 e. The van der Waals surface area contributed by atoms with Gasteiger partial charge in [-0.25, -0.2) is 4.79 Å². The molecule has 0 bridgehead atoms. The summed E-state index contributed by atoms with van der Waals surface area (Å²) >= 11 is 6.37. The van der Waals surface area contributed by atoms with Gasteiger partial charge in [-0.15, -0.1) is 0 Å².